The molecule has 1 aliphatic rings. The normalized spacial score (nSPS) is 14.9. The van der Waals surface area contributed by atoms with Crippen molar-refractivity contribution in [3.8, 4) is 11.5 Å². The highest BCUT2D eigenvalue weighted by molar-refractivity contribution is 9.10. The number of carbonyl (C=O) groups is 2. The van der Waals surface area contributed by atoms with Gasteiger partial charge in [-0.1, -0.05) is 0 Å². The quantitative estimate of drug-likeness (QED) is 0.649. The van der Waals surface area contributed by atoms with E-state index in [1.54, 1.807) is 38.3 Å². The third-order valence-electron chi connectivity index (χ3n) is 4.27. The van der Waals surface area contributed by atoms with Gasteiger partial charge in [-0.05, 0) is 77.8 Å². The van der Waals surface area contributed by atoms with Crippen molar-refractivity contribution < 1.29 is 24.2 Å². The van der Waals surface area contributed by atoms with Crippen molar-refractivity contribution in [2.45, 2.75) is 13.8 Å². The number of amides is 1. The first-order valence-electron chi connectivity index (χ1n) is 8.81. The predicted molar refractivity (Wildman–Crippen MR) is 114 cm³/mol. The van der Waals surface area contributed by atoms with E-state index < -0.39 is 5.97 Å². The predicted octanol–water partition coefficient (Wildman–Crippen LogP) is 4.36. The number of hydrogen-bond acceptors (Lipinski definition) is 5. The van der Waals surface area contributed by atoms with Crippen LogP contribution in [0.25, 0.3) is 6.08 Å². The number of rotatable bonds is 6. The lowest BCUT2D eigenvalue weighted by Gasteiger charge is -2.13. The van der Waals surface area contributed by atoms with Crippen molar-refractivity contribution in [2.75, 3.05) is 18.7 Å². The van der Waals surface area contributed by atoms with E-state index in [2.05, 4.69) is 21.0 Å². The summed E-state index contributed by atoms with van der Waals surface area (Å²) in [5.41, 5.74) is 2.38. The molecule has 1 N–H and O–H groups in total. The first-order valence-corrected chi connectivity index (χ1v) is 9.60. The molecule has 0 saturated heterocycles. The molecule has 0 spiro atoms. The second kappa shape index (κ2) is 8.48. The molecule has 0 saturated carbocycles. The van der Waals surface area contributed by atoms with Gasteiger partial charge >= 0.3 is 5.97 Å². The van der Waals surface area contributed by atoms with Gasteiger partial charge in [0.1, 0.15) is 0 Å². The summed E-state index contributed by atoms with van der Waals surface area (Å²) < 4.78 is 11.7. The van der Waals surface area contributed by atoms with E-state index in [1.807, 2.05) is 13.0 Å². The third kappa shape index (κ3) is 4.17. The van der Waals surface area contributed by atoms with Gasteiger partial charge in [0.05, 0.1) is 40.7 Å². The molecule has 0 unspecified atom stereocenters. The Hall–Kier alpha value is -3.13. The number of nitrogens with zero attached hydrogens (tertiary/aromatic N) is 2. The van der Waals surface area contributed by atoms with Gasteiger partial charge in [0.25, 0.3) is 5.91 Å². The smallest absolute Gasteiger partial charge is 0.335 e. The van der Waals surface area contributed by atoms with Crippen molar-refractivity contribution >= 4 is 45.3 Å². The van der Waals surface area contributed by atoms with Gasteiger partial charge in [0, 0.05) is 0 Å². The molecule has 0 fully saturated rings. The molecule has 2 aromatic rings. The van der Waals surface area contributed by atoms with Crippen LogP contribution in [-0.2, 0) is 4.79 Å². The van der Waals surface area contributed by atoms with E-state index in [0.717, 1.165) is 5.56 Å². The fourth-order valence-electron chi connectivity index (χ4n) is 2.88. The zero-order chi connectivity index (χ0) is 21.1. The average molecular weight is 459 g/mol. The molecular weight excluding hydrogens is 440 g/mol. The van der Waals surface area contributed by atoms with Gasteiger partial charge in [0.15, 0.2) is 11.5 Å². The molecule has 1 heterocycles. The summed E-state index contributed by atoms with van der Waals surface area (Å²) in [4.78, 5) is 23.9. The fraction of sp³-hybridized carbons (Fsp3) is 0.190. The number of halogens is 1. The third-order valence-corrected chi connectivity index (χ3v) is 4.86. The minimum atomic E-state index is -1.03. The molecule has 1 aliphatic heterocycles. The standard InChI is InChI=1S/C21H19BrN2O5/c1-4-29-19-17(22)10-13(11-18(19)28-3)9-16-12(2)23-24(20(16)25)15-7-5-14(6-8-15)21(26)27/h5-11H,4H2,1-3H3,(H,26,27)/b16-9+. The van der Waals surface area contributed by atoms with E-state index >= 15 is 0 Å². The highest BCUT2D eigenvalue weighted by Gasteiger charge is 2.29. The summed E-state index contributed by atoms with van der Waals surface area (Å²) in [6, 6.07) is 9.60. The Balaban J connectivity index is 1.93. The average Bonchev–Trinajstić information content (AvgIpc) is 2.98. The molecule has 0 atom stereocenters. The summed E-state index contributed by atoms with van der Waals surface area (Å²) in [6.07, 6.45) is 1.73. The zero-order valence-corrected chi connectivity index (χ0v) is 17.7. The minimum absolute atomic E-state index is 0.142. The van der Waals surface area contributed by atoms with Crippen LogP contribution in [0.5, 0.6) is 11.5 Å². The minimum Gasteiger partial charge on any atom is -0.493 e. The van der Waals surface area contributed by atoms with Gasteiger partial charge in [0.2, 0.25) is 0 Å². The van der Waals surface area contributed by atoms with Crippen LogP contribution in [-0.4, -0.2) is 36.4 Å². The lowest BCUT2D eigenvalue weighted by atomic mass is 10.1. The molecule has 150 valence electrons. The molecule has 8 heteroatoms. The van der Waals surface area contributed by atoms with Crippen LogP contribution < -0.4 is 14.5 Å². The molecule has 29 heavy (non-hydrogen) atoms. The van der Waals surface area contributed by atoms with E-state index in [4.69, 9.17) is 14.6 Å². The van der Waals surface area contributed by atoms with Crippen LogP contribution >= 0.6 is 15.9 Å². The summed E-state index contributed by atoms with van der Waals surface area (Å²) in [5.74, 6) is -0.177. The molecule has 0 aromatic heterocycles. The van der Waals surface area contributed by atoms with Crippen molar-refractivity contribution in [2.24, 2.45) is 5.10 Å². The number of anilines is 1. The lowest BCUT2D eigenvalue weighted by Crippen LogP contribution is -2.21. The summed E-state index contributed by atoms with van der Waals surface area (Å²) in [7, 11) is 1.55. The first kappa shape index (κ1) is 20.6. The van der Waals surface area contributed by atoms with Crippen molar-refractivity contribution in [3.63, 3.8) is 0 Å². The summed E-state index contributed by atoms with van der Waals surface area (Å²) in [5, 5.41) is 14.6. The molecule has 0 aliphatic carbocycles. The van der Waals surface area contributed by atoms with E-state index in [1.165, 1.54) is 17.1 Å². The zero-order valence-electron chi connectivity index (χ0n) is 16.1. The molecule has 2 aromatic carbocycles. The van der Waals surface area contributed by atoms with Crippen LogP contribution in [0.4, 0.5) is 5.69 Å². The van der Waals surface area contributed by atoms with Gasteiger partial charge in [-0.3, -0.25) is 4.79 Å². The largest absolute Gasteiger partial charge is 0.493 e. The van der Waals surface area contributed by atoms with E-state index in [0.29, 0.717) is 39.6 Å². The van der Waals surface area contributed by atoms with Crippen LogP contribution in [0.2, 0.25) is 0 Å². The molecule has 1 amide bonds. The number of ether oxygens (including phenoxy) is 2. The van der Waals surface area contributed by atoms with Gasteiger partial charge in [-0.15, -0.1) is 0 Å². The molecule has 7 nitrogen and oxygen atoms in total. The Labute approximate surface area is 176 Å². The molecule has 0 radical (unpaired) electrons. The molecular formula is C21H19BrN2O5. The maximum atomic E-state index is 12.9. The molecule has 0 bridgehead atoms. The van der Waals surface area contributed by atoms with Crippen molar-refractivity contribution in [1.29, 1.82) is 0 Å². The Kier molecular flexibility index (Phi) is 6.03. The first-order chi connectivity index (χ1) is 13.8. The Morgan fingerprint density at radius 1 is 1.28 bits per heavy atom. The van der Waals surface area contributed by atoms with E-state index in [9.17, 15) is 9.59 Å². The number of carbonyl (C=O) groups excluding carboxylic acids is 1. The van der Waals surface area contributed by atoms with Crippen LogP contribution in [0.3, 0.4) is 0 Å². The van der Waals surface area contributed by atoms with Crippen molar-refractivity contribution in [3.05, 3.63) is 57.6 Å². The monoisotopic (exact) mass is 458 g/mol. The fourth-order valence-corrected chi connectivity index (χ4v) is 3.45. The van der Waals surface area contributed by atoms with Gasteiger partial charge in [-0.2, -0.15) is 10.1 Å². The highest BCUT2D eigenvalue weighted by atomic mass is 79.9. The number of aromatic carboxylic acids is 1. The van der Waals surface area contributed by atoms with Crippen LogP contribution in [0.1, 0.15) is 29.8 Å². The highest BCUT2D eigenvalue weighted by Crippen LogP contribution is 2.37. The Morgan fingerprint density at radius 2 is 1.97 bits per heavy atom. The number of hydrogen-bond donors (Lipinski definition) is 1. The maximum Gasteiger partial charge on any atom is 0.335 e. The Morgan fingerprint density at radius 3 is 2.55 bits per heavy atom. The van der Waals surface area contributed by atoms with Crippen molar-refractivity contribution in [1.82, 2.24) is 0 Å². The van der Waals surface area contributed by atoms with Crippen LogP contribution in [0, 0.1) is 0 Å². The van der Waals surface area contributed by atoms with Gasteiger partial charge in [-0.25, -0.2) is 4.79 Å². The number of carboxylic acids is 1. The number of methoxy groups -OCH3 is 1. The number of benzene rings is 2. The summed E-state index contributed by atoms with van der Waals surface area (Å²) >= 11 is 3.48. The number of hydrazone groups is 1. The van der Waals surface area contributed by atoms with E-state index in [-0.39, 0.29) is 11.5 Å². The van der Waals surface area contributed by atoms with Crippen LogP contribution in [0.15, 0.2) is 51.5 Å². The molecule has 3 rings (SSSR count). The summed E-state index contributed by atoms with van der Waals surface area (Å²) in [6.45, 7) is 4.13. The maximum absolute atomic E-state index is 12.9. The lowest BCUT2D eigenvalue weighted by molar-refractivity contribution is -0.114. The second-order valence-electron chi connectivity index (χ2n) is 6.18. The number of carboxylic acid groups (broad SMARTS) is 1. The van der Waals surface area contributed by atoms with Gasteiger partial charge < -0.3 is 14.6 Å². The second-order valence-corrected chi connectivity index (χ2v) is 7.03. The topological polar surface area (TPSA) is 88.4 Å². The SMILES string of the molecule is CCOc1c(Br)cc(/C=C2/C(=O)N(c3ccc(C(=O)O)cc3)N=C2C)cc1OC. The Bertz CT molecular complexity index is 1030.